The van der Waals surface area contributed by atoms with E-state index in [0.717, 1.165) is 0 Å². The number of aliphatic hydroxyl groups is 1. The second-order valence-corrected chi connectivity index (χ2v) is 3.35. The summed E-state index contributed by atoms with van der Waals surface area (Å²) in [4.78, 5) is 0. The molecule has 4 atom stereocenters. The van der Waals surface area contributed by atoms with E-state index >= 15 is 0 Å². The topological polar surface area (TPSA) is 29.5 Å². The van der Waals surface area contributed by atoms with E-state index in [9.17, 15) is 4.39 Å². The minimum atomic E-state index is -1.21. The molecule has 1 saturated heterocycles. The van der Waals surface area contributed by atoms with E-state index in [0.29, 0.717) is 4.43 Å². The molecule has 10 heavy (non-hydrogen) atoms. The zero-order valence-corrected chi connectivity index (χ0v) is 7.79. The highest BCUT2D eigenvalue weighted by atomic mass is 127. The van der Waals surface area contributed by atoms with Crippen LogP contribution in [-0.4, -0.2) is 34.0 Å². The van der Waals surface area contributed by atoms with Gasteiger partial charge in [0.25, 0.3) is 0 Å². The second kappa shape index (κ2) is 3.32. The average Bonchev–Trinajstić information content (AvgIpc) is 2.17. The molecule has 4 heteroatoms. The highest BCUT2D eigenvalue weighted by Crippen LogP contribution is 2.24. The van der Waals surface area contributed by atoms with Crippen molar-refractivity contribution in [1.82, 2.24) is 0 Å². The summed E-state index contributed by atoms with van der Waals surface area (Å²) in [6, 6.07) is 0. The standard InChI is InChI=1S/C6H10FIO2/c1-3-5(7)6(9)4(2-8)10-3/h3-6,9H,2H2,1H3/t3-,4+,5+,6?/m0/s1. The summed E-state index contributed by atoms with van der Waals surface area (Å²) in [7, 11) is 0. The van der Waals surface area contributed by atoms with E-state index in [-0.39, 0.29) is 6.10 Å². The summed E-state index contributed by atoms with van der Waals surface area (Å²) in [5.41, 5.74) is 0. The SMILES string of the molecule is C[C@@H]1O[C@H](CI)C(O)[C@@H]1F. The first-order chi connectivity index (χ1) is 4.66. The van der Waals surface area contributed by atoms with Gasteiger partial charge < -0.3 is 9.84 Å². The van der Waals surface area contributed by atoms with Crippen molar-refractivity contribution in [2.45, 2.75) is 31.4 Å². The van der Waals surface area contributed by atoms with Crippen LogP contribution in [0.2, 0.25) is 0 Å². The molecule has 1 N–H and O–H groups in total. The number of alkyl halides is 2. The first-order valence-corrected chi connectivity index (χ1v) is 4.73. The molecule has 1 fully saturated rings. The number of rotatable bonds is 1. The van der Waals surface area contributed by atoms with Crippen molar-refractivity contribution in [1.29, 1.82) is 0 Å². The van der Waals surface area contributed by atoms with Gasteiger partial charge in [0.1, 0.15) is 6.10 Å². The molecule has 1 heterocycles. The zero-order valence-electron chi connectivity index (χ0n) is 5.63. The fourth-order valence-electron chi connectivity index (χ4n) is 1.04. The number of aliphatic hydroxyl groups excluding tert-OH is 1. The molecule has 0 radical (unpaired) electrons. The lowest BCUT2D eigenvalue weighted by Crippen LogP contribution is -2.29. The van der Waals surface area contributed by atoms with Gasteiger partial charge in [-0.2, -0.15) is 0 Å². The molecule has 1 rings (SSSR count). The highest BCUT2D eigenvalue weighted by Gasteiger charge is 2.40. The Hall–Kier alpha value is 0.580. The zero-order chi connectivity index (χ0) is 7.72. The number of halogens is 2. The van der Waals surface area contributed by atoms with Crippen LogP contribution in [0.15, 0.2) is 0 Å². The van der Waals surface area contributed by atoms with Gasteiger partial charge in [-0.15, -0.1) is 0 Å². The Kier molecular flexibility index (Phi) is 2.88. The van der Waals surface area contributed by atoms with Gasteiger partial charge in [-0.05, 0) is 6.92 Å². The minimum Gasteiger partial charge on any atom is -0.387 e. The van der Waals surface area contributed by atoms with Crippen LogP contribution in [0.1, 0.15) is 6.92 Å². The lowest BCUT2D eigenvalue weighted by atomic mass is 10.1. The fraction of sp³-hybridized carbons (Fsp3) is 1.00. The predicted molar refractivity (Wildman–Crippen MR) is 44.1 cm³/mol. The Labute approximate surface area is 72.9 Å². The van der Waals surface area contributed by atoms with Crippen LogP contribution in [-0.2, 0) is 4.74 Å². The van der Waals surface area contributed by atoms with Gasteiger partial charge in [-0.25, -0.2) is 4.39 Å². The highest BCUT2D eigenvalue weighted by molar-refractivity contribution is 14.1. The molecular formula is C6H10FIO2. The quantitative estimate of drug-likeness (QED) is 0.561. The predicted octanol–water partition coefficient (Wildman–Crippen LogP) is 0.908. The number of hydrogen-bond acceptors (Lipinski definition) is 2. The molecule has 0 aromatic heterocycles. The molecule has 1 unspecified atom stereocenters. The van der Waals surface area contributed by atoms with Gasteiger partial charge in [0.05, 0.1) is 12.2 Å². The number of hydrogen-bond donors (Lipinski definition) is 1. The van der Waals surface area contributed by atoms with Crippen LogP contribution in [0.4, 0.5) is 4.39 Å². The van der Waals surface area contributed by atoms with Gasteiger partial charge in [0, 0.05) is 4.43 Å². The van der Waals surface area contributed by atoms with Crippen molar-refractivity contribution in [2.75, 3.05) is 4.43 Å². The molecule has 0 aliphatic carbocycles. The summed E-state index contributed by atoms with van der Waals surface area (Å²) >= 11 is 2.07. The third-order valence-corrected chi connectivity index (χ3v) is 2.57. The molecule has 0 aromatic rings. The van der Waals surface area contributed by atoms with E-state index < -0.39 is 18.4 Å². The molecule has 0 spiro atoms. The third kappa shape index (κ3) is 1.43. The Morgan fingerprint density at radius 2 is 2.30 bits per heavy atom. The van der Waals surface area contributed by atoms with Gasteiger partial charge in [-0.1, -0.05) is 22.6 Å². The van der Waals surface area contributed by atoms with Crippen molar-refractivity contribution >= 4 is 22.6 Å². The lowest BCUT2D eigenvalue weighted by molar-refractivity contribution is 0.0335. The Morgan fingerprint density at radius 1 is 1.70 bits per heavy atom. The van der Waals surface area contributed by atoms with Crippen LogP contribution in [0, 0.1) is 0 Å². The molecular weight excluding hydrogens is 250 g/mol. The van der Waals surface area contributed by atoms with E-state index in [2.05, 4.69) is 22.6 Å². The lowest BCUT2D eigenvalue weighted by Gasteiger charge is -2.08. The summed E-state index contributed by atoms with van der Waals surface area (Å²) in [6.07, 6.45) is -2.90. The van der Waals surface area contributed by atoms with Crippen molar-refractivity contribution in [3.63, 3.8) is 0 Å². The first kappa shape index (κ1) is 8.67. The molecule has 60 valence electrons. The van der Waals surface area contributed by atoms with Crippen LogP contribution >= 0.6 is 22.6 Å². The smallest absolute Gasteiger partial charge is 0.154 e. The van der Waals surface area contributed by atoms with Gasteiger partial charge in [0.15, 0.2) is 6.17 Å². The van der Waals surface area contributed by atoms with Crippen LogP contribution < -0.4 is 0 Å². The summed E-state index contributed by atoms with van der Waals surface area (Å²) in [5.74, 6) is 0. The fourth-order valence-corrected chi connectivity index (χ4v) is 1.77. The monoisotopic (exact) mass is 260 g/mol. The van der Waals surface area contributed by atoms with Crippen molar-refractivity contribution in [3.05, 3.63) is 0 Å². The van der Waals surface area contributed by atoms with E-state index in [1.165, 1.54) is 0 Å². The third-order valence-electron chi connectivity index (χ3n) is 1.70. The van der Waals surface area contributed by atoms with Crippen LogP contribution in [0.25, 0.3) is 0 Å². The molecule has 2 nitrogen and oxygen atoms in total. The Balaban J connectivity index is 2.53. The minimum absolute atomic E-state index is 0.314. The van der Waals surface area contributed by atoms with E-state index in [1.54, 1.807) is 6.92 Å². The van der Waals surface area contributed by atoms with E-state index in [4.69, 9.17) is 9.84 Å². The largest absolute Gasteiger partial charge is 0.387 e. The second-order valence-electron chi connectivity index (χ2n) is 2.47. The van der Waals surface area contributed by atoms with Crippen molar-refractivity contribution < 1.29 is 14.2 Å². The maximum atomic E-state index is 12.8. The summed E-state index contributed by atoms with van der Waals surface area (Å²) in [6.45, 7) is 1.64. The molecule has 0 aromatic carbocycles. The maximum Gasteiger partial charge on any atom is 0.154 e. The summed E-state index contributed by atoms with van der Waals surface area (Å²) in [5, 5.41) is 9.12. The van der Waals surface area contributed by atoms with E-state index in [1.807, 2.05) is 0 Å². The van der Waals surface area contributed by atoms with Gasteiger partial charge >= 0.3 is 0 Å². The number of ether oxygens (including phenoxy) is 1. The first-order valence-electron chi connectivity index (χ1n) is 3.20. The molecule has 1 aliphatic rings. The molecule has 0 amide bonds. The molecule has 1 aliphatic heterocycles. The molecule has 0 bridgehead atoms. The van der Waals surface area contributed by atoms with Gasteiger partial charge in [-0.3, -0.25) is 0 Å². The molecule has 0 saturated carbocycles. The van der Waals surface area contributed by atoms with Crippen molar-refractivity contribution in [3.8, 4) is 0 Å². The average molecular weight is 260 g/mol. The Morgan fingerprint density at radius 3 is 2.50 bits per heavy atom. The maximum absolute atomic E-state index is 12.8. The normalized spacial score (nSPS) is 48.0. The van der Waals surface area contributed by atoms with Gasteiger partial charge in [0.2, 0.25) is 0 Å². The van der Waals surface area contributed by atoms with Crippen LogP contribution in [0.3, 0.4) is 0 Å². The van der Waals surface area contributed by atoms with Crippen LogP contribution in [0.5, 0.6) is 0 Å². The Bertz CT molecular complexity index is 122. The summed E-state index contributed by atoms with van der Waals surface area (Å²) < 4.78 is 18.5. The van der Waals surface area contributed by atoms with Crippen molar-refractivity contribution in [2.24, 2.45) is 0 Å².